The fraction of sp³-hybridized carbons (Fsp3) is 0.500. The van der Waals surface area contributed by atoms with Crippen molar-refractivity contribution in [3.05, 3.63) is 51.2 Å². The molecule has 11 heteroatoms. The third kappa shape index (κ3) is 5.86. The van der Waals surface area contributed by atoms with E-state index in [0.29, 0.717) is 50.3 Å². The van der Waals surface area contributed by atoms with Gasteiger partial charge in [-0.2, -0.15) is 0 Å². The predicted molar refractivity (Wildman–Crippen MR) is 117 cm³/mol. The number of non-ortho nitro benzene ring substituents is 1. The highest BCUT2D eigenvalue weighted by Gasteiger charge is 2.35. The molecule has 2 amide bonds. The van der Waals surface area contributed by atoms with Crippen LogP contribution in [0.4, 0.5) is 10.5 Å². The van der Waals surface area contributed by atoms with Gasteiger partial charge in [0.2, 0.25) is 0 Å². The van der Waals surface area contributed by atoms with Crippen LogP contribution in [0.1, 0.15) is 38.3 Å². The second kappa shape index (κ2) is 10.9. The topological polar surface area (TPSA) is 140 Å². The number of carbonyl (C=O) groups is 3. The normalized spacial score (nSPS) is 19.5. The lowest BCUT2D eigenvalue weighted by Gasteiger charge is -2.34. The maximum absolute atomic E-state index is 12.9. The lowest BCUT2D eigenvalue weighted by Crippen LogP contribution is -2.49. The highest BCUT2D eigenvalue weighted by Crippen LogP contribution is 2.30. The minimum absolute atomic E-state index is 0.0923. The molecule has 3 rings (SSSR count). The molecule has 11 nitrogen and oxygen atoms in total. The van der Waals surface area contributed by atoms with Crippen molar-refractivity contribution in [2.45, 2.75) is 32.7 Å². The van der Waals surface area contributed by atoms with Crippen LogP contribution in [-0.2, 0) is 19.1 Å². The van der Waals surface area contributed by atoms with E-state index in [-0.39, 0.29) is 29.8 Å². The van der Waals surface area contributed by atoms with Gasteiger partial charge in [0.25, 0.3) is 5.69 Å². The summed E-state index contributed by atoms with van der Waals surface area (Å²) in [4.78, 5) is 49.8. The largest absolute Gasteiger partial charge is 0.466 e. The number of benzene rings is 1. The van der Waals surface area contributed by atoms with Crippen molar-refractivity contribution in [1.29, 1.82) is 0 Å². The predicted octanol–water partition coefficient (Wildman–Crippen LogP) is 2.04. The quantitative estimate of drug-likeness (QED) is 0.341. The van der Waals surface area contributed by atoms with E-state index < -0.39 is 23.0 Å². The van der Waals surface area contributed by atoms with Crippen LogP contribution in [0.15, 0.2) is 35.5 Å². The van der Waals surface area contributed by atoms with Crippen molar-refractivity contribution in [3.8, 4) is 0 Å². The average Bonchev–Trinajstić information content (AvgIpc) is 2.79. The van der Waals surface area contributed by atoms with Gasteiger partial charge in [0.15, 0.2) is 0 Å². The first-order valence-electron chi connectivity index (χ1n) is 10.9. The fourth-order valence-electron chi connectivity index (χ4n) is 4.04. The first kappa shape index (κ1) is 24.2. The van der Waals surface area contributed by atoms with Crippen molar-refractivity contribution >= 4 is 23.7 Å². The zero-order valence-electron chi connectivity index (χ0n) is 18.7. The minimum Gasteiger partial charge on any atom is -0.466 e. The minimum atomic E-state index is -0.814. The van der Waals surface area contributed by atoms with Crippen LogP contribution in [-0.4, -0.2) is 60.6 Å². The van der Waals surface area contributed by atoms with E-state index >= 15 is 0 Å². The van der Waals surface area contributed by atoms with Crippen LogP contribution in [0.5, 0.6) is 0 Å². The Kier molecular flexibility index (Phi) is 7.99. The maximum atomic E-state index is 12.9. The Bertz CT molecular complexity index is 937. The van der Waals surface area contributed by atoms with Gasteiger partial charge in [-0.15, -0.1) is 0 Å². The lowest BCUT2D eigenvalue weighted by molar-refractivity contribution is -0.384. The van der Waals surface area contributed by atoms with Crippen LogP contribution in [0.25, 0.3) is 0 Å². The third-order valence-electron chi connectivity index (χ3n) is 5.68. The lowest BCUT2D eigenvalue weighted by atomic mass is 9.93. The molecule has 2 N–H and O–H groups in total. The molecule has 2 aliphatic rings. The molecule has 1 atom stereocenters. The third-order valence-corrected chi connectivity index (χ3v) is 5.68. The Hall–Kier alpha value is -3.47. The van der Waals surface area contributed by atoms with E-state index in [1.165, 1.54) is 24.3 Å². The van der Waals surface area contributed by atoms with Gasteiger partial charge in [-0.3, -0.25) is 19.8 Å². The molecule has 0 spiro atoms. The number of urea groups is 1. The van der Waals surface area contributed by atoms with Crippen molar-refractivity contribution in [2.24, 2.45) is 5.92 Å². The van der Waals surface area contributed by atoms with Crippen LogP contribution < -0.4 is 10.6 Å². The number of nitro groups is 1. The molecule has 1 saturated heterocycles. The van der Waals surface area contributed by atoms with E-state index in [1.807, 2.05) is 0 Å². The van der Waals surface area contributed by atoms with Crippen LogP contribution in [0.2, 0.25) is 0 Å². The van der Waals surface area contributed by atoms with E-state index in [0.717, 1.165) is 0 Å². The first-order valence-corrected chi connectivity index (χ1v) is 10.9. The van der Waals surface area contributed by atoms with Gasteiger partial charge in [-0.05, 0) is 57.5 Å². The van der Waals surface area contributed by atoms with Gasteiger partial charge >= 0.3 is 18.0 Å². The molecule has 0 aromatic heterocycles. The van der Waals surface area contributed by atoms with E-state index in [4.69, 9.17) is 9.47 Å². The Labute approximate surface area is 191 Å². The molecular formula is C22H28N4O7. The number of nitro benzene ring substituents is 1. The summed E-state index contributed by atoms with van der Waals surface area (Å²) in [7, 11) is 0. The zero-order valence-corrected chi connectivity index (χ0v) is 18.7. The number of ether oxygens (including phenoxy) is 2. The second-order valence-electron chi connectivity index (χ2n) is 7.80. The monoisotopic (exact) mass is 460 g/mol. The molecule has 1 unspecified atom stereocenters. The van der Waals surface area contributed by atoms with E-state index in [2.05, 4.69) is 15.5 Å². The van der Waals surface area contributed by atoms with Crippen LogP contribution in [0, 0.1) is 16.0 Å². The number of rotatable bonds is 8. The molecule has 1 aromatic carbocycles. The van der Waals surface area contributed by atoms with Crippen molar-refractivity contribution in [3.63, 3.8) is 0 Å². The fourth-order valence-corrected chi connectivity index (χ4v) is 4.04. The van der Waals surface area contributed by atoms with Crippen molar-refractivity contribution < 1.29 is 28.8 Å². The SMILES string of the molecule is CCOC(=O)C1=C(CN2CCC(C(=O)OCC)CC2)NC(=O)NC1c1ccc([N+](=O)[O-])cc1. The number of hydrogen-bond acceptors (Lipinski definition) is 8. The number of nitrogens with one attached hydrogen (secondary N) is 2. The summed E-state index contributed by atoms with van der Waals surface area (Å²) >= 11 is 0. The zero-order chi connectivity index (χ0) is 24.0. The number of piperidine rings is 1. The van der Waals surface area contributed by atoms with Gasteiger partial charge < -0.3 is 20.1 Å². The molecule has 1 fully saturated rings. The Morgan fingerprint density at radius 1 is 1.12 bits per heavy atom. The maximum Gasteiger partial charge on any atom is 0.338 e. The summed E-state index contributed by atoms with van der Waals surface area (Å²) < 4.78 is 10.4. The number of nitrogens with zero attached hydrogens (tertiary/aromatic N) is 2. The molecule has 0 aliphatic carbocycles. The summed E-state index contributed by atoms with van der Waals surface area (Å²) in [5.41, 5.74) is 1.09. The highest BCUT2D eigenvalue weighted by atomic mass is 16.6. The summed E-state index contributed by atoms with van der Waals surface area (Å²) in [5, 5.41) is 16.4. The van der Waals surface area contributed by atoms with Gasteiger partial charge in [-0.1, -0.05) is 0 Å². The molecule has 178 valence electrons. The molecule has 0 saturated carbocycles. The number of hydrogen-bond donors (Lipinski definition) is 2. The highest BCUT2D eigenvalue weighted by molar-refractivity contribution is 5.95. The molecule has 33 heavy (non-hydrogen) atoms. The van der Waals surface area contributed by atoms with E-state index in [9.17, 15) is 24.5 Å². The van der Waals surface area contributed by atoms with Crippen LogP contribution in [0.3, 0.4) is 0 Å². The molecule has 2 heterocycles. The molecule has 2 aliphatic heterocycles. The van der Waals surface area contributed by atoms with Crippen molar-refractivity contribution in [1.82, 2.24) is 15.5 Å². The summed E-state index contributed by atoms with van der Waals surface area (Å²) in [6.45, 7) is 5.47. The van der Waals surface area contributed by atoms with Crippen LogP contribution >= 0.6 is 0 Å². The Morgan fingerprint density at radius 3 is 2.33 bits per heavy atom. The smallest absolute Gasteiger partial charge is 0.338 e. The average molecular weight is 460 g/mol. The van der Waals surface area contributed by atoms with Gasteiger partial charge in [0.1, 0.15) is 0 Å². The number of likely N-dealkylation sites (tertiary alicyclic amines) is 1. The second-order valence-corrected chi connectivity index (χ2v) is 7.80. The number of carbonyl (C=O) groups excluding carboxylic acids is 3. The van der Waals surface area contributed by atoms with Crippen molar-refractivity contribution in [2.75, 3.05) is 32.8 Å². The summed E-state index contributed by atoms with van der Waals surface area (Å²) in [6, 6.07) is 4.37. The summed E-state index contributed by atoms with van der Waals surface area (Å²) in [6.07, 6.45) is 1.25. The molecular weight excluding hydrogens is 432 g/mol. The number of esters is 2. The van der Waals surface area contributed by atoms with E-state index in [1.54, 1.807) is 13.8 Å². The summed E-state index contributed by atoms with van der Waals surface area (Å²) in [5.74, 6) is -0.933. The van der Waals surface area contributed by atoms with Gasteiger partial charge in [0, 0.05) is 24.4 Å². The van der Waals surface area contributed by atoms with Gasteiger partial charge in [0.05, 0.1) is 35.7 Å². The Morgan fingerprint density at radius 2 is 1.76 bits per heavy atom. The Balaban J connectivity index is 1.85. The molecule has 0 bridgehead atoms. The molecule has 1 aromatic rings. The molecule has 0 radical (unpaired) electrons. The van der Waals surface area contributed by atoms with Gasteiger partial charge in [-0.25, -0.2) is 9.59 Å². The first-order chi connectivity index (χ1) is 15.8. The standard InChI is InChI=1S/C22H28N4O7/c1-3-32-20(27)15-9-11-25(12-10-15)13-17-18(21(28)33-4-2)19(24-22(29)23-17)14-5-7-16(8-6-14)26(30)31/h5-8,15,19H,3-4,9-13H2,1-2H3,(H2,23,24,29). The number of amides is 2.